The number of aromatic nitrogens is 3. The van der Waals surface area contributed by atoms with Gasteiger partial charge >= 0.3 is 0 Å². The number of benzene rings is 5. The smallest absolute Gasteiger partial charge is 0.164 e. The predicted molar refractivity (Wildman–Crippen MR) is 218 cm³/mol. The van der Waals surface area contributed by atoms with E-state index in [4.69, 9.17) is 15.0 Å². The molecule has 1 heterocycles. The van der Waals surface area contributed by atoms with Crippen LogP contribution in [0.2, 0.25) is 0 Å². The zero-order chi connectivity index (χ0) is 36.4. The van der Waals surface area contributed by atoms with Crippen LogP contribution in [0.25, 0.3) is 56.4 Å². The molecule has 0 amide bonds. The molecule has 4 atom stereocenters. The average Bonchev–Trinajstić information content (AvgIpc) is 3.81. The highest BCUT2D eigenvalue weighted by Crippen LogP contribution is 2.60. The van der Waals surface area contributed by atoms with Gasteiger partial charge in [0.15, 0.2) is 17.5 Å². The molecule has 5 aromatic carbocycles. The minimum absolute atomic E-state index is 0.0666. The van der Waals surface area contributed by atoms with Gasteiger partial charge in [-0.2, -0.15) is 5.26 Å². The van der Waals surface area contributed by atoms with Crippen molar-refractivity contribution in [1.29, 1.82) is 5.26 Å². The molecule has 4 heteroatoms. The van der Waals surface area contributed by atoms with Crippen molar-refractivity contribution in [1.82, 2.24) is 15.0 Å². The quantitative estimate of drug-likeness (QED) is 0.179. The Labute approximate surface area is 319 Å². The first-order chi connectivity index (χ1) is 26.4. The van der Waals surface area contributed by atoms with Crippen LogP contribution in [0.1, 0.15) is 93.9 Å². The van der Waals surface area contributed by atoms with Crippen molar-refractivity contribution in [2.75, 3.05) is 0 Å². The summed E-state index contributed by atoms with van der Waals surface area (Å²) in [7, 11) is 0. The summed E-state index contributed by atoms with van der Waals surface area (Å²) in [5.41, 5.74) is 13.4. The van der Waals surface area contributed by atoms with Gasteiger partial charge in [0.25, 0.3) is 0 Å². The number of fused-ring (bicyclic) bond motifs is 7. The summed E-state index contributed by atoms with van der Waals surface area (Å²) in [6.07, 6.45) is 11.5. The van der Waals surface area contributed by atoms with E-state index in [1.807, 2.05) is 42.5 Å². The molecule has 1 unspecified atom stereocenters. The summed E-state index contributed by atoms with van der Waals surface area (Å²) in [5.74, 6) is 4.47. The normalized spacial score (nSPS) is 23.5. The van der Waals surface area contributed by atoms with Crippen LogP contribution >= 0.6 is 0 Å². The third-order valence-electron chi connectivity index (χ3n) is 13.5. The van der Waals surface area contributed by atoms with Gasteiger partial charge in [-0.15, -0.1) is 0 Å². The fourth-order valence-electron chi connectivity index (χ4n) is 11.6. The van der Waals surface area contributed by atoms with Gasteiger partial charge in [0, 0.05) is 22.1 Å². The van der Waals surface area contributed by atoms with Crippen molar-refractivity contribution >= 4 is 0 Å². The Balaban J connectivity index is 1.08. The van der Waals surface area contributed by atoms with Crippen LogP contribution in [0.15, 0.2) is 115 Å². The Morgan fingerprint density at radius 1 is 0.574 bits per heavy atom. The van der Waals surface area contributed by atoms with E-state index < -0.39 is 0 Å². The van der Waals surface area contributed by atoms with Crippen molar-refractivity contribution in [2.24, 2.45) is 17.8 Å². The van der Waals surface area contributed by atoms with Crippen LogP contribution in [0.3, 0.4) is 0 Å². The minimum atomic E-state index is -0.0666. The largest absolute Gasteiger partial charge is 0.208 e. The average molecular weight is 703 g/mol. The van der Waals surface area contributed by atoms with Gasteiger partial charge in [-0.1, -0.05) is 112 Å². The predicted octanol–water partition coefficient (Wildman–Crippen LogP) is 12.4. The second kappa shape index (κ2) is 12.9. The van der Waals surface area contributed by atoms with E-state index in [2.05, 4.69) is 92.7 Å². The molecule has 0 saturated heterocycles. The Hall–Kier alpha value is -5.40. The van der Waals surface area contributed by atoms with Crippen molar-refractivity contribution in [3.05, 3.63) is 138 Å². The molecule has 4 aliphatic rings. The Morgan fingerprint density at radius 2 is 1.19 bits per heavy atom. The highest BCUT2D eigenvalue weighted by atomic mass is 15.0. The van der Waals surface area contributed by atoms with Gasteiger partial charge in [0.05, 0.1) is 11.6 Å². The standard InChI is InChI=1S/C50H46N4/c1-32-25-35-26-33(2)29-49(28-32,30-35)40-20-17-36(18-21-40)39-19-22-44-43(27-39)41-11-8-12-42(45(41)50(44)23-6-7-24-50)48-53-46(37-9-4-3-5-10-37)52-47(54-48)38-15-13-34(31-51)14-16-38/h3-5,8-22,27,32-33,35H,6-7,23-26,28-30H2,1-2H3/t32-,33+,35-,49?. The summed E-state index contributed by atoms with van der Waals surface area (Å²) in [6.45, 7) is 4.96. The maximum Gasteiger partial charge on any atom is 0.164 e. The van der Waals surface area contributed by atoms with Crippen LogP contribution in [0.5, 0.6) is 0 Å². The molecule has 3 fully saturated rings. The molecule has 266 valence electrons. The molecule has 3 saturated carbocycles. The topological polar surface area (TPSA) is 62.5 Å². The molecule has 2 bridgehead atoms. The van der Waals surface area contributed by atoms with Crippen molar-refractivity contribution in [2.45, 2.75) is 82.5 Å². The Kier molecular flexibility index (Phi) is 7.91. The first kappa shape index (κ1) is 33.2. The van der Waals surface area contributed by atoms with Crippen LogP contribution in [0.4, 0.5) is 0 Å². The molecular weight excluding hydrogens is 657 g/mol. The first-order valence-electron chi connectivity index (χ1n) is 20.1. The third-order valence-corrected chi connectivity index (χ3v) is 13.5. The molecule has 0 radical (unpaired) electrons. The molecule has 10 rings (SSSR count). The summed E-state index contributed by atoms with van der Waals surface area (Å²) < 4.78 is 0. The number of hydrogen-bond donors (Lipinski definition) is 0. The van der Waals surface area contributed by atoms with Gasteiger partial charge in [-0.05, 0) is 137 Å². The second-order valence-corrected chi connectivity index (χ2v) is 17.2. The fourth-order valence-corrected chi connectivity index (χ4v) is 11.6. The first-order valence-corrected chi connectivity index (χ1v) is 20.1. The van der Waals surface area contributed by atoms with Gasteiger partial charge in [-0.25, -0.2) is 15.0 Å². The number of nitriles is 1. The zero-order valence-corrected chi connectivity index (χ0v) is 31.4. The van der Waals surface area contributed by atoms with Crippen LogP contribution in [-0.2, 0) is 10.8 Å². The lowest BCUT2D eigenvalue weighted by Gasteiger charge is -2.50. The lowest BCUT2D eigenvalue weighted by Crippen LogP contribution is -2.42. The molecule has 0 aliphatic heterocycles. The molecule has 1 spiro atoms. The van der Waals surface area contributed by atoms with E-state index in [1.54, 1.807) is 5.56 Å². The van der Waals surface area contributed by atoms with Crippen LogP contribution in [0, 0.1) is 29.1 Å². The number of rotatable bonds is 5. The van der Waals surface area contributed by atoms with Crippen LogP contribution < -0.4 is 0 Å². The third kappa shape index (κ3) is 5.43. The molecular formula is C50H46N4. The van der Waals surface area contributed by atoms with Gasteiger partial charge in [0.1, 0.15) is 0 Å². The van der Waals surface area contributed by atoms with Crippen molar-refractivity contribution in [3.8, 4) is 62.5 Å². The fraction of sp³-hybridized carbons (Fsp3) is 0.320. The summed E-state index contributed by atoms with van der Waals surface area (Å²) in [5, 5.41) is 9.44. The van der Waals surface area contributed by atoms with E-state index in [1.165, 1.54) is 78.3 Å². The highest BCUT2D eigenvalue weighted by Gasteiger charge is 2.47. The Bertz CT molecular complexity index is 2400. The monoisotopic (exact) mass is 702 g/mol. The Morgan fingerprint density at radius 3 is 1.87 bits per heavy atom. The molecule has 54 heavy (non-hydrogen) atoms. The van der Waals surface area contributed by atoms with E-state index in [0.717, 1.165) is 47.3 Å². The van der Waals surface area contributed by atoms with Crippen molar-refractivity contribution in [3.63, 3.8) is 0 Å². The number of hydrogen-bond acceptors (Lipinski definition) is 4. The highest BCUT2D eigenvalue weighted by molar-refractivity contribution is 5.90. The second-order valence-electron chi connectivity index (χ2n) is 17.2. The lowest BCUT2D eigenvalue weighted by atomic mass is 9.54. The van der Waals surface area contributed by atoms with Gasteiger partial charge in [0.2, 0.25) is 0 Å². The maximum atomic E-state index is 9.44. The van der Waals surface area contributed by atoms with E-state index in [-0.39, 0.29) is 5.41 Å². The van der Waals surface area contributed by atoms with Crippen molar-refractivity contribution < 1.29 is 0 Å². The SMILES string of the molecule is C[C@@H]1C[C@@H]2C[C@H](C)CC(c3ccc(-c4ccc5c(c4)-c4cccc(-c6nc(-c7ccccc7)nc(-c7ccc(C#N)cc7)n6)c4C54CCCC4)cc3)(C1)C2. The lowest BCUT2D eigenvalue weighted by molar-refractivity contribution is 0.0780. The molecule has 1 aromatic heterocycles. The van der Waals surface area contributed by atoms with E-state index >= 15 is 0 Å². The summed E-state index contributed by atoms with van der Waals surface area (Å²) >= 11 is 0. The molecule has 0 N–H and O–H groups in total. The number of nitrogens with zero attached hydrogens (tertiary/aromatic N) is 4. The molecule has 4 nitrogen and oxygen atoms in total. The van der Waals surface area contributed by atoms with Gasteiger partial charge < -0.3 is 0 Å². The summed E-state index contributed by atoms with van der Waals surface area (Å²) in [4.78, 5) is 15.4. The zero-order valence-electron chi connectivity index (χ0n) is 31.4. The maximum absolute atomic E-state index is 9.44. The van der Waals surface area contributed by atoms with Crippen LogP contribution in [-0.4, -0.2) is 15.0 Å². The summed E-state index contributed by atoms with van der Waals surface area (Å²) in [6, 6.07) is 43.7. The van der Waals surface area contributed by atoms with Gasteiger partial charge in [-0.3, -0.25) is 0 Å². The minimum Gasteiger partial charge on any atom is -0.208 e. The molecule has 4 aliphatic carbocycles. The van der Waals surface area contributed by atoms with E-state index in [9.17, 15) is 5.26 Å². The molecule has 6 aromatic rings. The van der Waals surface area contributed by atoms with E-state index in [0.29, 0.717) is 28.5 Å².